The quantitative estimate of drug-likeness (QED) is 0.413. The van der Waals surface area contributed by atoms with E-state index in [4.69, 9.17) is 13.9 Å². The van der Waals surface area contributed by atoms with Crippen LogP contribution in [0.5, 0.6) is 0 Å². The first kappa shape index (κ1) is 18.9. The Hall–Kier alpha value is -1.17. The Morgan fingerprint density at radius 2 is 1.59 bits per heavy atom. The Balaban J connectivity index is 2.11. The summed E-state index contributed by atoms with van der Waals surface area (Å²) in [7, 11) is -1.70. The van der Waals surface area contributed by atoms with Crippen molar-refractivity contribution in [3.05, 3.63) is 35.9 Å². The van der Waals surface area contributed by atoms with Gasteiger partial charge in [0.15, 0.2) is 8.32 Å². The molecule has 0 N–H and O–H groups in total. The van der Waals surface area contributed by atoms with E-state index in [0.717, 1.165) is 0 Å². The van der Waals surface area contributed by atoms with E-state index in [1.54, 1.807) is 12.1 Å². The zero-order valence-corrected chi connectivity index (χ0v) is 15.3. The number of hydrogen-bond donors (Lipinski definition) is 0. The van der Waals surface area contributed by atoms with Crippen LogP contribution in [-0.2, 0) is 13.9 Å². The molecule has 1 rings (SSSR count). The fourth-order valence-corrected chi connectivity index (χ4v) is 2.55. The van der Waals surface area contributed by atoms with Crippen LogP contribution in [0, 0.1) is 0 Å². The van der Waals surface area contributed by atoms with Gasteiger partial charge in [-0.25, -0.2) is 4.79 Å². The third-order valence-corrected chi connectivity index (χ3v) is 8.51. The summed E-state index contributed by atoms with van der Waals surface area (Å²) >= 11 is 0. The maximum absolute atomic E-state index is 11.7. The molecule has 124 valence electrons. The lowest BCUT2D eigenvalue weighted by molar-refractivity contribution is 0.0265. The Bertz CT molecular complexity index is 451. The molecule has 0 aromatic heterocycles. The minimum atomic E-state index is -1.70. The fraction of sp³-hybridized carbons (Fsp3) is 0.588. The van der Waals surface area contributed by atoms with E-state index in [2.05, 4.69) is 33.9 Å². The van der Waals surface area contributed by atoms with Crippen molar-refractivity contribution in [1.82, 2.24) is 0 Å². The molecule has 0 fully saturated rings. The first-order valence-electron chi connectivity index (χ1n) is 7.68. The normalized spacial score (nSPS) is 12.2. The minimum absolute atomic E-state index is 0.207. The molecule has 0 atom stereocenters. The smallest absolute Gasteiger partial charge is 0.338 e. The summed E-state index contributed by atoms with van der Waals surface area (Å²) in [4.78, 5) is 11.7. The molecule has 0 bridgehead atoms. The van der Waals surface area contributed by atoms with E-state index in [1.165, 1.54) is 0 Å². The molecule has 0 aliphatic rings. The van der Waals surface area contributed by atoms with Gasteiger partial charge in [-0.1, -0.05) is 39.0 Å². The average molecular weight is 324 g/mol. The molecule has 1 aromatic carbocycles. The molecule has 0 aliphatic carbocycles. The van der Waals surface area contributed by atoms with E-state index in [9.17, 15) is 4.79 Å². The third-order valence-electron chi connectivity index (χ3n) is 3.97. The van der Waals surface area contributed by atoms with E-state index in [0.29, 0.717) is 25.4 Å². The van der Waals surface area contributed by atoms with Gasteiger partial charge in [0.1, 0.15) is 6.61 Å². The predicted molar refractivity (Wildman–Crippen MR) is 90.7 cm³/mol. The molecule has 0 aliphatic heterocycles. The van der Waals surface area contributed by atoms with E-state index < -0.39 is 8.32 Å². The zero-order chi connectivity index (χ0) is 16.6. The van der Waals surface area contributed by atoms with Gasteiger partial charge in [0.25, 0.3) is 0 Å². The Morgan fingerprint density at radius 1 is 1.00 bits per heavy atom. The van der Waals surface area contributed by atoms with Gasteiger partial charge in [-0.2, -0.15) is 0 Å². The Morgan fingerprint density at radius 3 is 2.18 bits per heavy atom. The lowest BCUT2D eigenvalue weighted by Crippen LogP contribution is -2.41. The predicted octanol–water partition coefficient (Wildman–Crippen LogP) is 3.88. The molecule has 22 heavy (non-hydrogen) atoms. The van der Waals surface area contributed by atoms with Crippen molar-refractivity contribution in [2.24, 2.45) is 0 Å². The number of hydrogen-bond acceptors (Lipinski definition) is 4. The Labute approximate surface area is 134 Å². The summed E-state index contributed by atoms with van der Waals surface area (Å²) in [5, 5.41) is 0.207. The third kappa shape index (κ3) is 6.30. The van der Waals surface area contributed by atoms with Crippen LogP contribution >= 0.6 is 0 Å². The summed E-state index contributed by atoms with van der Waals surface area (Å²) < 4.78 is 16.6. The number of esters is 1. The van der Waals surface area contributed by atoms with Crippen molar-refractivity contribution in [3.8, 4) is 0 Å². The molecule has 0 amide bonds. The standard InChI is InChI=1S/C17H28O4Si/c1-17(2,3)22(4,5)21-14-12-19-11-13-20-16(18)15-9-7-6-8-10-15/h6-10H,11-14H2,1-5H3. The first-order valence-corrected chi connectivity index (χ1v) is 10.6. The number of rotatable bonds is 8. The van der Waals surface area contributed by atoms with Crippen LogP contribution < -0.4 is 0 Å². The van der Waals surface area contributed by atoms with Crippen LogP contribution in [0.1, 0.15) is 31.1 Å². The highest BCUT2D eigenvalue weighted by atomic mass is 28.4. The molecule has 0 heterocycles. The molecule has 0 saturated carbocycles. The van der Waals surface area contributed by atoms with Gasteiger partial charge in [0, 0.05) is 0 Å². The monoisotopic (exact) mass is 324 g/mol. The highest BCUT2D eigenvalue weighted by Gasteiger charge is 2.36. The summed E-state index contributed by atoms with van der Waals surface area (Å²) in [5.74, 6) is -0.318. The van der Waals surface area contributed by atoms with Crippen molar-refractivity contribution in [1.29, 1.82) is 0 Å². The number of benzene rings is 1. The summed E-state index contributed by atoms with van der Waals surface area (Å²) in [6.07, 6.45) is 0. The van der Waals surface area contributed by atoms with Gasteiger partial charge in [-0.3, -0.25) is 0 Å². The van der Waals surface area contributed by atoms with Crippen LogP contribution in [0.3, 0.4) is 0 Å². The van der Waals surface area contributed by atoms with Crippen molar-refractivity contribution >= 4 is 14.3 Å². The van der Waals surface area contributed by atoms with Crippen LogP contribution in [-0.4, -0.2) is 40.7 Å². The highest BCUT2D eigenvalue weighted by Crippen LogP contribution is 2.36. The second-order valence-corrected chi connectivity index (χ2v) is 11.5. The fourth-order valence-electron chi connectivity index (χ4n) is 1.53. The van der Waals surface area contributed by atoms with Crippen LogP contribution in [0.2, 0.25) is 18.1 Å². The van der Waals surface area contributed by atoms with Gasteiger partial charge in [0.05, 0.1) is 25.4 Å². The SMILES string of the molecule is CC(C)(C)[Si](C)(C)OCCOCCOC(=O)c1ccccc1. The van der Waals surface area contributed by atoms with Crippen molar-refractivity contribution < 1.29 is 18.7 Å². The van der Waals surface area contributed by atoms with Crippen LogP contribution in [0.4, 0.5) is 0 Å². The van der Waals surface area contributed by atoms with Crippen molar-refractivity contribution in [2.75, 3.05) is 26.4 Å². The highest BCUT2D eigenvalue weighted by molar-refractivity contribution is 6.74. The molecule has 0 spiro atoms. The zero-order valence-electron chi connectivity index (χ0n) is 14.3. The molecule has 1 aromatic rings. The Kier molecular flexibility index (Phi) is 7.26. The average Bonchev–Trinajstić information content (AvgIpc) is 2.45. The number of ether oxygens (including phenoxy) is 2. The largest absolute Gasteiger partial charge is 0.460 e. The molecular formula is C17H28O4Si. The molecular weight excluding hydrogens is 296 g/mol. The van der Waals surface area contributed by atoms with E-state index >= 15 is 0 Å². The molecule has 4 nitrogen and oxygen atoms in total. The van der Waals surface area contributed by atoms with Gasteiger partial charge < -0.3 is 13.9 Å². The summed E-state index contributed by atoms with van der Waals surface area (Å²) in [5.41, 5.74) is 0.559. The second kappa shape index (κ2) is 8.46. The number of carbonyl (C=O) groups is 1. The van der Waals surface area contributed by atoms with Crippen LogP contribution in [0.25, 0.3) is 0 Å². The topological polar surface area (TPSA) is 44.8 Å². The summed E-state index contributed by atoms with van der Waals surface area (Å²) in [6.45, 7) is 12.8. The molecule has 5 heteroatoms. The van der Waals surface area contributed by atoms with Crippen molar-refractivity contribution in [2.45, 2.75) is 38.9 Å². The molecule has 0 saturated heterocycles. The molecule has 0 radical (unpaired) electrons. The lowest BCUT2D eigenvalue weighted by Gasteiger charge is -2.36. The maximum atomic E-state index is 11.7. The number of carbonyl (C=O) groups excluding carboxylic acids is 1. The molecule has 0 unspecified atom stereocenters. The van der Waals surface area contributed by atoms with Gasteiger partial charge in [0.2, 0.25) is 0 Å². The van der Waals surface area contributed by atoms with Crippen LogP contribution in [0.15, 0.2) is 30.3 Å². The lowest BCUT2D eigenvalue weighted by atomic mass is 10.2. The van der Waals surface area contributed by atoms with Gasteiger partial charge in [-0.05, 0) is 30.3 Å². The van der Waals surface area contributed by atoms with E-state index in [-0.39, 0.29) is 17.6 Å². The van der Waals surface area contributed by atoms with Gasteiger partial charge in [-0.15, -0.1) is 0 Å². The van der Waals surface area contributed by atoms with E-state index in [1.807, 2.05) is 18.2 Å². The summed E-state index contributed by atoms with van der Waals surface area (Å²) in [6, 6.07) is 8.95. The van der Waals surface area contributed by atoms with Gasteiger partial charge >= 0.3 is 5.97 Å². The second-order valence-electron chi connectivity index (χ2n) is 6.72. The van der Waals surface area contributed by atoms with Crippen molar-refractivity contribution in [3.63, 3.8) is 0 Å². The minimum Gasteiger partial charge on any atom is -0.460 e. The first-order chi connectivity index (χ1) is 10.2. The maximum Gasteiger partial charge on any atom is 0.338 e.